The van der Waals surface area contributed by atoms with Crippen LogP contribution in [0.2, 0.25) is 0 Å². The van der Waals surface area contributed by atoms with Crippen LogP contribution in [0.3, 0.4) is 0 Å². The smallest absolute Gasteiger partial charge is 0.313 e. The zero-order chi connectivity index (χ0) is 11.6. The summed E-state index contributed by atoms with van der Waals surface area (Å²) >= 11 is 1.67. The Morgan fingerprint density at radius 3 is 2.88 bits per heavy atom. The highest BCUT2D eigenvalue weighted by Crippen LogP contribution is 2.48. The number of hydrogen-bond acceptors (Lipinski definition) is 4. The number of methoxy groups -OCH3 is 1. The third kappa shape index (κ3) is 1.99. The monoisotopic (exact) mass is 239 g/mol. The molecule has 0 radical (unpaired) electrons. The van der Waals surface area contributed by atoms with Gasteiger partial charge in [0.1, 0.15) is 0 Å². The molecule has 1 atom stereocenters. The van der Waals surface area contributed by atoms with Crippen LogP contribution in [-0.2, 0) is 16.0 Å². The quantitative estimate of drug-likeness (QED) is 0.797. The van der Waals surface area contributed by atoms with Crippen LogP contribution in [0.5, 0.6) is 0 Å². The Bertz CT molecular complexity index is 359. The molecule has 1 heterocycles. The van der Waals surface area contributed by atoms with Crippen LogP contribution < -0.4 is 5.73 Å². The molecule has 1 aromatic heterocycles. The van der Waals surface area contributed by atoms with Gasteiger partial charge in [0.25, 0.3) is 0 Å². The summed E-state index contributed by atoms with van der Waals surface area (Å²) in [6.07, 6.45) is 2.91. The molecule has 3 nitrogen and oxygen atoms in total. The Balaban J connectivity index is 2.22. The van der Waals surface area contributed by atoms with E-state index in [0.717, 1.165) is 19.3 Å². The molecule has 2 N–H and O–H groups in total. The van der Waals surface area contributed by atoms with Crippen LogP contribution in [0.25, 0.3) is 0 Å². The maximum atomic E-state index is 12.0. The molecule has 4 heteroatoms. The molecule has 1 unspecified atom stereocenters. The fraction of sp³-hybridized carbons (Fsp3) is 0.583. The van der Waals surface area contributed by atoms with Crippen molar-refractivity contribution in [3.63, 3.8) is 0 Å². The highest BCUT2D eigenvalue weighted by Gasteiger charge is 2.50. The van der Waals surface area contributed by atoms with Gasteiger partial charge >= 0.3 is 5.97 Å². The van der Waals surface area contributed by atoms with Crippen LogP contribution >= 0.6 is 11.3 Å². The molecule has 1 aromatic rings. The van der Waals surface area contributed by atoms with E-state index in [1.165, 1.54) is 12.0 Å². The summed E-state index contributed by atoms with van der Waals surface area (Å²) < 4.78 is 4.94. The Morgan fingerprint density at radius 1 is 1.69 bits per heavy atom. The van der Waals surface area contributed by atoms with Gasteiger partial charge in [0.05, 0.1) is 12.5 Å². The van der Waals surface area contributed by atoms with Gasteiger partial charge in [-0.3, -0.25) is 4.79 Å². The van der Waals surface area contributed by atoms with Crippen molar-refractivity contribution in [2.75, 3.05) is 13.7 Å². The average Bonchev–Trinajstić information content (AvgIpc) is 3.04. The SMILES string of the molecule is COC(=O)C(CN)(Cc1cccs1)C1CC1. The molecule has 0 amide bonds. The number of carbonyl (C=O) groups excluding carboxylic acids is 1. The number of rotatable bonds is 5. The maximum Gasteiger partial charge on any atom is 0.313 e. The molecule has 1 saturated carbocycles. The average molecular weight is 239 g/mol. The van der Waals surface area contributed by atoms with E-state index in [2.05, 4.69) is 6.07 Å². The van der Waals surface area contributed by atoms with Gasteiger partial charge in [-0.1, -0.05) is 6.07 Å². The summed E-state index contributed by atoms with van der Waals surface area (Å²) in [5, 5.41) is 2.03. The van der Waals surface area contributed by atoms with Crippen molar-refractivity contribution in [3.05, 3.63) is 22.4 Å². The minimum absolute atomic E-state index is 0.147. The summed E-state index contributed by atoms with van der Waals surface area (Å²) in [7, 11) is 1.45. The van der Waals surface area contributed by atoms with Crippen LogP contribution in [0.1, 0.15) is 17.7 Å². The van der Waals surface area contributed by atoms with Crippen molar-refractivity contribution in [1.29, 1.82) is 0 Å². The van der Waals surface area contributed by atoms with Gasteiger partial charge < -0.3 is 10.5 Å². The Morgan fingerprint density at radius 2 is 2.44 bits per heavy atom. The molecule has 0 bridgehead atoms. The topological polar surface area (TPSA) is 52.3 Å². The highest BCUT2D eigenvalue weighted by molar-refractivity contribution is 7.09. The van der Waals surface area contributed by atoms with Gasteiger partial charge in [0.15, 0.2) is 0 Å². The lowest BCUT2D eigenvalue weighted by Gasteiger charge is -2.29. The summed E-state index contributed by atoms with van der Waals surface area (Å²) in [4.78, 5) is 13.2. The van der Waals surface area contributed by atoms with Gasteiger partial charge in [0.2, 0.25) is 0 Å². The second kappa shape index (κ2) is 4.55. The van der Waals surface area contributed by atoms with E-state index in [-0.39, 0.29) is 5.97 Å². The van der Waals surface area contributed by atoms with Gasteiger partial charge in [0, 0.05) is 11.4 Å². The molecule has 1 aliphatic carbocycles. The predicted molar refractivity (Wildman–Crippen MR) is 64.3 cm³/mol. The van der Waals surface area contributed by atoms with Crippen LogP contribution in [0.4, 0.5) is 0 Å². The van der Waals surface area contributed by atoms with Crippen LogP contribution in [-0.4, -0.2) is 19.6 Å². The Hall–Kier alpha value is -0.870. The number of ether oxygens (including phenoxy) is 1. The molecule has 0 saturated heterocycles. The summed E-state index contributed by atoms with van der Waals surface area (Å²) in [5.41, 5.74) is 5.36. The van der Waals surface area contributed by atoms with E-state index in [9.17, 15) is 4.79 Å². The molecule has 88 valence electrons. The standard InChI is InChI=1S/C12H17NO2S/c1-15-11(14)12(8-13,9-4-5-9)7-10-3-2-6-16-10/h2-3,6,9H,4-5,7-8,13H2,1H3. The number of carbonyl (C=O) groups is 1. The Kier molecular flexibility index (Phi) is 3.30. The first-order valence-corrected chi connectivity index (χ1v) is 6.42. The Labute approximate surface area is 99.6 Å². The van der Waals surface area contributed by atoms with E-state index < -0.39 is 5.41 Å². The lowest BCUT2D eigenvalue weighted by molar-refractivity contribution is -0.153. The fourth-order valence-corrected chi connectivity index (χ4v) is 3.10. The van der Waals surface area contributed by atoms with Crippen LogP contribution in [0, 0.1) is 11.3 Å². The minimum Gasteiger partial charge on any atom is -0.469 e. The van der Waals surface area contributed by atoms with Crippen molar-refractivity contribution in [2.24, 2.45) is 17.1 Å². The van der Waals surface area contributed by atoms with Gasteiger partial charge in [-0.2, -0.15) is 0 Å². The van der Waals surface area contributed by atoms with Crippen LogP contribution in [0.15, 0.2) is 17.5 Å². The summed E-state index contributed by atoms with van der Waals surface area (Å²) in [6.45, 7) is 0.377. The molecular formula is C12H17NO2S. The number of hydrogen-bond donors (Lipinski definition) is 1. The number of thiophene rings is 1. The van der Waals surface area contributed by atoms with Crippen molar-refractivity contribution >= 4 is 17.3 Å². The van der Waals surface area contributed by atoms with Crippen molar-refractivity contribution in [2.45, 2.75) is 19.3 Å². The molecule has 0 aromatic carbocycles. The molecule has 0 spiro atoms. The normalized spacial score (nSPS) is 19.1. The predicted octanol–water partition coefficient (Wildman–Crippen LogP) is 1.82. The number of nitrogens with two attached hydrogens (primary N) is 1. The van der Waals surface area contributed by atoms with E-state index in [4.69, 9.17) is 10.5 Å². The van der Waals surface area contributed by atoms with Crippen molar-refractivity contribution in [3.8, 4) is 0 Å². The maximum absolute atomic E-state index is 12.0. The highest BCUT2D eigenvalue weighted by atomic mass is 32.1. The van der Waals surface area contributed by atoms with E-state index in [1.54, 1.807) is 11.3 Å². The van der Waals surface area contributed by atoms with Crippen molar-refractivity contribution in [1.82, 2.24) is 0 Å². The second-order valence-corrected chi connectivity index (χ2v) is 5.41. The largest absolute Gasteiger partial charge is 0.469 e. The first-order valence-electron chi connectivity index (χ1n) is 5.54. The molecular weight excluding hydrogens is 222 g/mol. The number of esters is 1. The van der Waals surface area contributed by atoms with E-state index in [0.29, 0.717) is 12.5 Å². The van der Waals surface area contributed by atoms with Gasteiger partial charge in [-0.25, -0.2) is 0 Å². The fourth-order valence-electron chi connectivity index (χ4n) is 2.27. The second-order valence-electron chi connectivity index (χ2n) is 4.38. The van der Waals surface area contributed by atoms with E-state index in [1.807, 2.05) is 11.4 Å². The first kappa shape index (κ1) is 11.6. The zero-order valence-electron chi connectivity index (χ0n) is 9.44. The lowest BCUT2D eigenvalue weighted by atomic mass is 9.79. The van der Waals surface area contributed by atoms with Gasteiger partial charge in [-0.05, 0) is 36.6 Å². The first-order chi connectivity index (χ1) is 7.73. The molecule has 1 fully saturated rings. The minimum atomic E-state index is -0.487. The summed E-state index contributed by atoms with van der Waals surface area (Å²) in [5.74, 6) is 0.262. The molecule has 0 aliphatic heterocycles. The third-order valence-corrected chi connectivity index (χ3v) is 4.26. The zero-order valence-corrected chi connectivity index (χ0v) is 10.3. The van der Waals surface area contributed by atoms with Crippen molar-refractivity contribution < 1.29 is 9.53 Å². The lowest BCUT2D eigenvalue weighted by Crippen LogP contribution is -2.43. The van der Waals surface area contributed by atoms with Gasteiger partial charge in [-0.15, -0.1) is 11.3 Å². The molecule has 16 heavy (non-hydrogen) atoms. The summed E-state index contributed by atoms with van der Waals surface area (Å²) in [6, 6.07) is 4.06. The van der Waals surface area contributed by atoms with E-state index >= 15 is 0 Å². The third-order valence-electron chi connectivity index (χ3n) is 3.38. The molecule has 1 aliphatic rings. The molecule has 2 rings (SSSR count).